The predicted octanol–water partition coefficient (Wildman–Crippen LogP) is 3.78. The molecule has 3 heteroatoms. The van der Waals surface area contributed by atoms with E-state index in [1.54, 1.807) is 0 Å². The van der Waals surface area contributed by atoms with Crippen molar-refractivity contribution in [2.75, 3.05) is 11.5 Å². The minimum Gasteiger partial charge on any atom is -0.265 e. The van der Waals surface area contributed by atoms with Gasteiger partial charge in [0.15, 0.2) is 0 Å². The van der Waals surface area contributed by atoms with Crippen molar-refractivity contribution >= 4 is 11.8 Å². The third kappa shape index (κ3) is 5.88. The van der Waals surface area contributed by atoms with Crippen LogP contribution in [0.2, 0.25) is 0 Å². The number of thioether (sulfide) groups is 1. The van der Waals surface area contributed by atoms with Crippen LogP contribution in [-0.2, 0) is 12.8 Å². The van der Waals surface area contributed by atoms with Crippen LogP contribution in [0.4, 0.5) is 0 Å². The van der Waals surface area contributed by atoms with Crippen LogP contribution in [0.3, 0.4) is 0 Å². The Hall–Kier alpha value is -1.35. The minimum atomic E-state index is 1.17. The van der Waals surface area contributed by atoms with Crippen molar-refractivity contribution in [2.45, 2.75) is 25.7 Å². The topological polar surface area (TPSA) is 25.8 Å². The van der Waals surface area contributed by atoms with E-state index in [2.05, 4.69) is 46.0 Å². The summed E-state index contributed by atoms with van der Waals surface area (Å²) < 4.78 is 0. The van der Waals surface area contributed by atoms with Gasteiger partial charge in [0.2, 0.25) is 0 Å². The van der Waals surface area contributed by atoms with Gasteiger partial charge in [-0.25, -0.2) is 0 Å². The molecule has 0 unspecified atom stereocenters. The quantitative estimate of drug-likeness (QED) is 0.684. The summed E-state index contributed by atoms with van der Waals surface area (Å²) in [5, 5.41) is 0. The third-order valence-corrected chi connectivity index (χ3v) is 4.16. The number of nitrogens with zero attached hydrogens (tertiary/aromatic N) is 2. The van der Waals surface area contributed by atoms with E-state index in [0.717, 1.165) is 0 Å². The van der Waals surface area contributed by atoms with Crippen molar-refractivity contribution in [3.8, 4) is 0 Å². The van der Waals surface area contributed by atoms with Crippen LogP contribution in [-0.4, -0.2) is 21.5 Å². The highest BCUT2D eigenvalue weighted by molar-refractivity contribution is 7.99. The molecule has 0 aliphatic heterocycles. The molecule has 0 atom stereocenters. The Morgan fingerprint density at radius 2 is 1.11 bits per heavy atom. The van der Waals surface area contributed by atoms with Crippen LogP contribution >= 0.6 is 11.8 Å². The lowest BCUT2D eigenvalue weighted by molar-refractivity contribution is 0.911. The molecule has 0 aliphatic carbocycles. The molecule has 2 aromatic rings. The first-order chi connectivity index (χ1) is 9.45. The molecule has 2 rings (SSSR count). The lowest BCUT2D eigenvalue weighted by atomic mass is 10.2. The van der Waals surface area contributed by atoms with E-state index in [1.807, 2.05) is 24.8 Å². The van der Waals surface area contributed by atoms with Gasteiger partial charge in [-0.2, -0.15) is 11.8 Å². The monoisotopic (exact) mass is 272 g/mol. The number of hydrogen-bond acceptors (Lipinski definition) is 3. The molecule has 19 heavy (non-hydrogen) atoms. The Morgan fingerprint density at radius 1 is 0.684 bits per heavy atom. The highest BCUT2D eigenvalue weighted by Crippen LogP contribution is 2.10. The van der Waals surface area contributed by atoms with Crippen molar-refractivity contribution in [3.63, 3.8) is 0 Å². The fraction of sp³-hybridized carbons (Fsp3) is 0.375. The molecule has 0 bridgehead atoms. The predicted molar refractivity (Wildman–Crippen MR) is 82.4 cm³/mol. The first-order valence-corrected chi connectivity index (χ1v) is 7.96. The van der Waals surface area contributed by atoms with Gasteiger partial charge in [-0.05, 0) is 72.6 Å². The van der Waals surface area contributed by atoms with Gasteiger partial charge in [0.25, 0.3) is 0 Å². The summed E-state index contributed by atoms with van der Waals surface area (Å²) in [6.07, 6.45) is 12.3. The molecule has 0 saturated heterocycles. The molecule has 2 nitrogen and oxygen atoms in total. The van der Waals surface area contributed by atoms with Crippen LogP contribution in [0.5, 0.6) is 0 Å². The summed E-state index contributed by atoms with van der Waals surface area (Å²) in [6, 6.07) is 8.42. The molecule has 0 amide bonds. The lowest BCUT2D eigenvalue weighted by Crippen LogP contribution is -1.91. The van der Waals surface area contributed by atoms with E-state index in [9.17, 15) is 0 Å². The van der Waals surface area contributed by atoms with Crippen LogP contribution in [0.25, 0.3) is 0 Å². The van der Waals surface area contributed by atoms with Gasteiger partial charge in [-0.3, -0.25) is 9.97 Å². The fourth-order valence-corrected chi connectivity index (χ4v) is 2.86. The molecular weight excluding hydrogens is 252 g/mol. The SMILES string of the molecule is c1cc(CCCSCCCc2ccncc2)ccn1. The summed E-state index contributed by atoms with van der Waals surface area (Å²) >= 11 is 2.06. The summed E-state index contributed by atoms with van der Waals surface area (Å²) in [7, 11) is 0. The Labute approximate surface area is 119 Å². The summed E-state index contributed by atoms with van der Waals surface area (Å²) in [5.41, 5.74) is 2.79. The van der Waals surface area contributed by atoms with Crippen LogP contribution in [0, 0.1) is 0 Å². The average molecular weight is 272 g/mol. The Bertz CT molecular complexity index is 401. The van der Waals surface area contributed by atoms with E-state index in [-0.39, 0.29) is 0 Å². The highest BCUT2D eigenvalue weighted by Gasteiger charge is 1.95. The first kappa shape index (κ1) is 14.1. The molecule has 0 aromatic carbocycles. The number of aromatic nitrogens is 2. The van der Waals surface area contributed by atoms with Gasteiger partial charge in [0.1, 0.15) is 0 Å². The standard InChI is InChI=1S/C16H20N2S/c1(3-15-5-9-17-10-6-15)13-19-14-2-4-16-7-11-18-12-8-16/h5-12H,1-4,13-14H2. The molecule has 0 radical (unpaired) electrons. The maximum Gasteiger partial charge on any atom is 0.0270 e. The van der Waals surface area contributed by atoms with Crippen LogP contribution in [0.15, 0.2) is 49.1 Å². The van der Waals surface area contributed by atoms with Crippen molar-refractivity contribution in [2.24, 2.45) is 0 Å². The van der Waals surface area contributed by atoms with Crippen LogP contribution in [0.1, 0.15) is 24.0 Å². The van der Waals surface area contributed by atoms with Crippen molar-refractivity contribution in [1.29, 1.82) is 0 Å². The second kappa shape index (κ2) is 8.70. The molecule has 2 aromatic heterocycles. The highest BCUT2D eigenvalue weighted by atomic mass is 32.2. The number of aryl methyl sites for hydroxylation is 2. The molecule has 0 spiro atoms. The van der Waals surface area contributed by atoms with Crippen molar-refractivity contribution in [3.05, 3.63) is 60.2 Å². The third-order valence-electron chi connectivity index (χ3n) is 3.01. The smallest absolute Gasteiger partial charge is 0.0270 e. The summed E-state index contributed by atoms with van der Waals surface area (Å²) in [4.78, 5) is 8.07. The van der Waals surface area contributed by atoms with E-state index < -0.39 is 0 Å². The molecule has 0 saturated carbocycles. The Morgan fingerprint density at radius 3 is 1.53 bits per heavy atom. The van der Waals surface area contributed by atoms with Gasteiger partial charge in [-0.15, -0.1) is 0 Å². The molecular formula is C16H20N2S. The zero-order valence-electron chi connectivity index (χ0n) is 11.2. The molecule has 0 N–H and O–H groups in total. The lowest BCUT2D eigenvalue weighted by Gasteiger charge is -2.03. The largest absolute Gasteiger partial charge is 0.265 e. The first-order valence-electron chi connectivity index (χ1n) is 6.81. The zero-order chi connectivity index (χ0) is 13.2. The number of pyridine rings is 2. The fourth-order valence-electron chi connectivity index (χ4n) is 1.96. The van der Waals surface area contributed by atoms with Crippen molar-refractivity contribution in [1.82, 2.24) is 9.97 Å². The average Bonchev–Trinajstić information content (AvgIpc) is 2.48. The van der Waals surface area contributed by atoms with Crippen molar-refractivity contribution < 1.29 is 0 Å². The van der Waals surface area contributed by atoms with Gasteiger partial charge >= 0.3 is 0 Å². The zero-order valence-corrected chi connectivity index (χ0v) is 12.0. The van der Waals surface area contributed by atoms with Gasteiger partial charge < -0.3 is 0 Å². The Kier molecular flexibility index (Phi) is 6.44. The number of rotatable bonds is 8. The van der Waals surface area contributed by atoms with E-state index in [0.29, 0.717) is 0 Å². The van der Waals surface area contributed by atoms with Crippen LogP contribution < -0.4 is 0 Å². The number of hydrogen-bond donors (Lipinski definition) is 0. The molecule has 0 fully saturated rings. The summed E-state index contributed by atoms with van der Waals surface area (Å²) in [5.74, 6) is 2.50. The Balaban J connectivity index is 1.49. The maximum atomic E-state index is 4.03. The molecule has 100 valence electrons. The second-order valence-corrected chi connectivity index (χ2v) is 5.76. The van der Waals surface area contributed by atoms with E-state index in [1.165, 1.54) is 48.3 Å². The second-order valence-electron chi connectivity index (χ2n) is 4.53. The van der Waals surface area contributed by atoms with Gasteiger partial charge in [0, 0.05) is 24.8 Å². The molecule has 2 heterocycles. The normalized spacial score (nSPS) is 10.5. The van der Waals surface area contributed by atoms with E-state index >= 15 is 0 Å². The summed E-state index contributed by atoms with van der Waals surface area (Å²) in [6.45, 7) is 0. The minimum absolute atomic E-state index is 1.17. The van der Waals surface area contributed by atoms with Gasteiger partial charge in [0.05, 0.1) is 0 Å². The van der Waals surface area contributed by atoms with Gasteiger partial charge in [-0.1, -0.05) is 0 Å². The van der Waals surface area contributed by atoms with E-state index in [4.69, 9.17) is 0 Å². The molecule has 0 aliphatic rings. The maximum absolute atomic E-state index is 4.03.